The number of para-hydroxylation sites is 2. The summed E-state index contributed by atoms with van der Waals surface area (Å²) in [7, 11) is -3.12. The molecule has 0 bridgehead atoms. The van der Waals surface area contributed by atoms with Crippen LogP contribution >= 0.6 is 31.7 Å². The first-order valence-corrected chi connectivity index (χ1v) is 41.6. The zero-order valence-electron chi connectivity index (χ0n) is 58.4. The van der Waals surface area contributed by atoms with E-state index in [2.05, 4.69) is 300 Å². The predicted octanol–water partition coefficient (Wildman–Crippen LogP) is 19.5. The van der Waals surface area contributed by atoms with Gasteiger partial charge in [-0.25, -0.2) is 0 Å². The first kappa shape index (κ1) is 82.7. The van der Waals surface area contributed by atoms with Crippen LogP contribution in [0.25, 0.3) is 55.0 Å². The van der Waals surface area contributed by atoms with E-state index < -0.39 is 31.7 Å². The molecule has 534 valence electrons. The van der Waals surface area contributed by atoms with Gasteiger partial charge in [0.15, 0.2) is 5.90 Å². The minimum Gasteiger partial charge on any atom is -0.366 e. The maximum atomic E-state index is 7.40. The molecule has 0 fully saturated rings. The van der Waals surface area contributed by atoms with E-state index in [4.69, 9.17) is 25.7 Å². The fourth-order valence-corrected chi connectivity index (χ4v) is 26.7. The van der Waals surface area contributed by atoms with Crippen molar-refractivity contribution in [2.24, 2.45) is 0 Å². The van der Waals surface area contributed by atoms with Gasteiger partial charge in [0.05, 0.1) is 49.4 Å². The molecule has 0 amide bonds. The molecular formula is C97H76Au4N2P4+4. The Morgan fingerprint density at radius 1 is 0.215 bits per heavy atom. The average Bonchev–Trinajstić information content (AvgIpc) is 1.60. The van der Waals surface area contributed by atoms with Crippen LogP contribution in [0.4, 0.5) is 0 Å². The fourth-order valence-electron chi connectivity index (χ4n) is 13.6. The van der Waals surface area contributed by atoms with Gasteiger partial charge < -0.3 is 34.8 Å². The van der Waals surface area contributed by atoms with E-state index in [1.54, 1.807) is 0 Å². The van der Waals surface area contributed by atoms with Crippen LogP contribution in [0, 0.1) is 49.4 Å². The van der Waals surface area contributed by atoms with Gasteiger partial charge in [-0.15, -0.1) is 70.8 Å². The van der Waals surface area contributed by atoms with Gasteiger partial charge in [0.2, 0.25) is 0 Å². The number of fused-ring (bicyclic) bond motifs is 6. The first-order valence-electron chi connectivity index (χ1n) is 34.8. The quantitative estimate of drug-likeness (QED) is 0.0283. The zero-order chi connectivity index (χ0) is 70.4. The van der Waals surface area contributed by atoms with Crippen molar-refractivity contribution in [3.8, 4) is 35.1 Å². The van der Waals surface area contributed by atoms with Gasteiger partial charge in [0.1, 0.15) is 37.1 Å². The molecule has 0 saturated heterocycles. The van der Waals surface area contributed by atoms with E-state index in [9.17, 15) is 0 Å². The van der Waals surface area contributed by atoms with Crippen LogP contribution in [0.3, 0.4) is 0 Å². The zero-order valence-corrected chi connectivity index (χ0v) is 71.1. The maximum Gasteiger partial charge on any atom is 1.00 e. The largest absolute Gasteiger partial charge is 1.00 e. The Morgan fingerprint density at radius 2 is 0.393 bits per heavy atom. The van der Waals surface area contributed by atoms with Crippen molar-refractivity contribution in [3.05, 3.63) is 424 Å². The smallest absolute Gasteiger partial charge is 0.366 e. The topological polar surface area (TPSA) is 9.86 Å². The van der Waals surface area contributed by atoms with Crippen LogP contribution in [-0.2, 0) is 89.5 Å². The van der Waals surface area contributed by atoms with Crippen molar-refractivity contribution in [1.29, 1.82) is 0 Å². The normalized spacial score (nSPS) is 10.4. The van der Waals surface area contributed by atoms with E-state index in [1.807, 2.05) is 109 Å². The van der Waals surface area contributed by atoms with Crippen molar-refractivity contribution in [2.45, 2.75) is 12.8 Å². The van der Waals surface area contributed by atoms with E-state index >= 15 is 0 Å². The molecule has 0 saturated carbocycles. The molecule has 0 atom stereocenters. The van der Waals surface area contributed by atoms with Gasteiger partial charge in [-0.2, -0.15) is 0 Å². The van der Waals surface area contributed by atoms with Gasteiger partial charge in [-0.05, 0) is 134 Å². The molecule has 2 nitrogen and oxygen atoms in total. The van der Waals surface area contributed by atoms with Crippen LogP contribution in [0.1, 0.15) is 35.1 Å². The van der Waals surface area contributed by atoms with Crippen molar-refractivity contribution in [3.63, 3.8) is 0 Å². The Morgan fingerprint density at radius 3 is 0.579 bits per heavy atom. The second-order valence-electron chi connectivity index (χ2n) is 25.0. The van der Waals surface area contributed by atoms with Crippen molar-refractivity contribution in [2.75, 3.05) is 18.2 Å². The van der Waals surface area contributed by atoms with Crippen LogP contribution in [-0.4, -0.2) is 27.4 Å². The summed E-state index contributed by atoms with van der Waals surface area (Å²) < 4.78 is 4.32. The van der Waals surface area contributed by atoms with Crippen LogP contribution in [0.5, 0.6) is 0 Å². The summed E-state index contributed by atoms with van der Waals surface area (Å²) in [5, 5.41) is 16.6. The summed E-state index contributed by atoms with van der Waals surface area (Å²) in [6, 6.07) is 133. The third-order valence-electron chi connectivity index (χ3n) is 18.6. The van der Waals surface area contributed by atoms with Crippen LogP contribution in [0.15, 0.2) is 376 Å². The summed E-state index contributed by atoms with van der Waals surface area (Å²) in [5.74, 6) is 11.1. The molecule has 0 N–H and O–H groups in total. The molecule has 16 aromatic rings. The molecule has 107 heavy (non-hydrogen) atoms. The van der Waals surface area contributed by atoms with Crippen molar-refractivity contribution >= 4 is 118 Å². The Balaban J connectivity index is 0.000000164. The summed E-state index contributed by atoms with van der Waals surface area (Å²) in [5.41, 5.74) is 9.22. The summed E-state index contributed by atoms with van der Waals surface area (Å²) in [6.07, 6.45) is 34.8. The summed E-state index contributed by atoms with van der Waals surface area (Å²) in [4.78, 5) is 0. The Bertz CT molecular complexity index is 4940. The molecule has 0 unspecified atom stereocenters. The second kappa shape index (κ2) is 42.4. The molecular weight excluding hydrogens is 2100 g/mol. The van der Waals surface area contributed by atoms with E-state index in [1.165, 1.54) is 73.5 Å². The number of hydrogen-bond acceptors (Lipinski definition) is 0. The van der Waals surface area contributed by atoms with Gasteiger partial charge in [-0.3, -0.25) is 23.7 Å². The van der Waals surface area contributed by atoms with Crippen LogP contribution in [0.2, 0.25) is 0 Å². The standard InChI is InChI=1S/C28H28P2.C25H22P2.2C22H11N.4Au/c1-5-15-25(16-6-1)29(26-17-7-2-8-18-26)23-13-14-24-30(27-19-9-3-10-20-27)28-21-11-4-12-22-28;1-5-13-22(14-6-1)26(23-15-7-2-8-16-23)21-27(24-17-9-3-10-18-24)25-19-11-4-12-20-25;2*1-3-16-10-12-19-20-13-11-17(4-2)15-22(20)23(21(19)14-16)18-8-6-5-7-9-18;;;;/h1-12,15-22H,13-14,23-24H2;1-20H,21H2;2*5-15H;;;;/q;;2*-2;4*+1/p+4. The number of benzene rings is 14. The first-order chi connectivity index (χ1) is 51.0. The number of rotatable bonds is 17. The van der Waals surface area contributed by atoms with E-state index in [0.717, 1.165) is 77.2 Å². The van der Waals surface area contributed by atoms with Gasteiger partial charge in [-0.1, -0.05) is 206 Å². The second-order valence-corrected chi connectivity index (χ2v) is 35.9. The minimum atomic E-state index is -0.847. The molecule has 0 aliphatic heterocycles. The van der Waals surface area contributed by atoms with Crippen molar-refractivity contribution in [1.82, 2.24) is 9.13 Å². The predicted molar refractivity (Wildman–Crippen MR) is 452 cm³/mol. The third kappa shape index (κ3) is 20.9. The summed E-state index contributed by atoms with van der Waals surface area (Å²) in [6.45, 7) is 0. The Kier molecular flexibility index (Phi) is 32.7. The molecule has 2 heterocycles. The number of nitrogens with zero attached hydrogens (tertiary/aromatic N) is 2. The monoisotopic (exact) mass is 2180 g/mol. The van der Waals surface area contributed by atoms with Gasteiger partial charge in [0.25, 0.3) is 0 Å². The summed E-state index contributed by atoms with van der Waals surface area (Å²) >= 11 is 0. The number of hydrogen-bond donors (Lipinski definition) is 0. The van der Waals surface area contributed by atoms with E-state index in [0.29, 0.717) is 0 Å². The van der Waals surface area contributed by atoms with Crippen molar-refractivity contribution < 1.29 is 89.5 Å². The molecule has 10 heteroatoms. The van der Waals surface area contributed by atoms with Gasteiger partial charge in [0, 0.05) is 55.0 Å². The molecule has 14 aromatic carbocycles. The average molecular weight is 2180 g/mol. The Labute approximate surface area is 699 Å². The number of unbranched alkanes of at least 4 members (excludes halogenated alkanes) is 1. The molecule has 0 radical (unpaired) electrons. The molecule has 16 rings (SSSR count). The van der Waals surface area contributed by atoms with Crippen LogP contribution < -0.4 is 42.4 Å². The minimum absolute atomic E-state index is 0. The Hall–Kier alpha value is -8.40. The molecule has 0 spiro atoms. The molecule has 0 aliphatic rings. The SMILES string of the molecule is [Au+].[Au+].[Au+].[Au+].[C-]#Cc1ccc2c3ccc(C#[C-])cc3n(-c3ccccc3)c2c1.[C-]#Cc1ccc2c3ccc(C#[C-])cc3n(-c3ccccc3)c2c1.c1ccc([PH+](CCCC[PH+](c2ccccc2)c2ccccc2)c2ccccc2)cc1.c1ccc([PH+](C[PH+](c2ccccc2)c2ccccc2)c2ccccc2)cc1. The maximum absolute atomic E-state index is 7.40. The number of aromatic nitrogens is 2. The van der Waals surface area contributed by atoms with Gasteiger partial charge >= 0.3 is 89.5 Å². The fraction of sp³-hybridized carbons (Fsp3) is 0.0515. The third-order valence-corrected chi connectivity index (χ3v) is 31.4. The van der Waals surface area contributed by atoms with E-state index in [-0.39, 0.29) is 89.5 Å². The molecule has 0 aliphatic carbocycles. The molecule has 2 aromatic heterocycles.